The summed E-state index contributed by atoms with van der Waals surface area (Å²) < 4.78 is 52.2. The zero-order valence-electron chi connectivity index (χ0n) is 11.0. The van der Waals surface area contributed by atoms with Crippen LogP contribution in [0, 0.1) is 0 Å². The molecule has 0 spiro atoms. The van der Waals surface area contributed by atoms with E-state index in [1.54, 1.807) is 30.3 Å². The lowest BCUT2D eigenvalue weighted by Crippen LogP contribution is -2.27. The van der Waals surface area contributed by atoms with Gasteiger partial charge in [-0.3, -0.25) is 4.79 Å². The summed E-state index contributed by atoms with van der Waals surface area (Å²) in [5.74, 6) is -3.43. The van der Waals surface area contributed by atoms with Gasteiger partial charge in [0.05, 0.1) is 0 Å². The van der Waals surface area contributed by atoms with Crippen molar-refractivity contribution in [3.63, 3.8) is 0 Å². The quantitative estimate of drug-likeness (QED) is 0.681. The van der Waals surface area contributed by atoms with E-state index >= 15 is 0 Å². The number of halogens is 4. The first-order chi connectivity index (χ1) is 9.32. The van der Waals surface area contributed by atoms with E-state index in [1.165, 1.54) is 0 Å². The van der Waals surface area contributed by atoms with Crippen LogP contribution in [-0.2, 0) is 0 Å². The van der Waals surface area contributed by atoms with Crippen molar-refractivity contribution >= 4 is 16.9 Å². The summed E-state index contributed by atoms with van der Waals surface area (Å²) in [4.78, 5) is 11.6. The molecule has 0 aliphatic heterocycles. The van der Waals surface area contributed by atoms with E-state index in [0.29, 0.717) is 5.56 Å². The highest BCUT2D eigenvalue weighted by atomic mass is 32.2. The molecule has 2 unspecified atom stereocenters. The van der Waals surface area contributed by atoms with Crippen molar-refractivity contribution in [1.82, 2.24) is 0 Å². The van der Waals surface area contributed by atoms with Gasteiger partial charge in [-0.2, -0.15) is 0 Å². The Morgan fingerprint density at radius 2 is 1.85 bits per heavy atom. The molecule has 1 aromatic rings. The summed E-state index contributed by atoms with van der Waals surface area (Å²) in [6.07, 6.45) is -5.90. The van der Waals surface area contributed by atoms with E-state index in [-0.39, 0.29) is 10.9 Å². The first kappa shape index (κ1) is 17.0. The van der Waals surface area contributed by atoms with Crippen LogP contribution in [0.1, 0.15) is 30.1 Å². The Labute approximate surface area is 119 Å². The molecule has 1 aromatic carbocycles. The maximum Gasteiger partial charge on any atom is 0.251 e. The number of rotatable bonds is 7. The van der Waals surface area contributed by atoms with Gasteiger partial charge < -0.3 is 0 Å². The predicted molar refractivity (Wildman–Crippen MR) is 72.9 cm³/mol. The van der Waals surface area contributed by atoms with Gasteiger partial charge in [-0.1, -0.05) is 42.1 Å². The molecule has 0 N–H and O–H groups in total. The highest BCUT2D eigenvalue weighted by molar-refractivity contribution is 8.14. The van der Waals surface area contributed by atoms with E-state index in [4.69, 9.17) is 0 Å². The SMILES string of the molecule is CC(F)C(F)CC(F)(F)CCSC(=O)c1ccccc1. The Balaban J connectivity index is 2.38. The lowest BCUT2D eigenvalue weighted by molar-refractivity contribution is -0.0410. The molecular formula is C14H16F4OS. The third-order valence-electron chi connectivity index (χ3n) is 2.70. The van der Waals surface area contributed by atoms with Crippen molar-refractivity contribution in [3.8, 4) is 0 Å². The van der Waals surface area contributed by atoms with E-state index < -0.39 is 31.1 Å². The van der Waals surface area contributed by atoms with Gasteiger partial charge in [0.2, 0.25) is 5.12 Å². The van der Waals surface area contributed by atoms with Crippen LogP contribution in [0.25, 0.3) is 0 Å². The van der Waals surface area contributed by atoms with Crippen molar-refractivity contribution < 1.29 is 22.4 Å². The number of thioether (sulfide) groups is 1. The Morgan fingerprint density at radius 1 is 1.25 bits per heavy atom. The first-order valence-electron chi connectivity index (χ1n) is 6.20. The van der Waals surface area contributed by atoms with Crippen molar-refractivity contribution in [2.45, 2.75) is 38.0 Å². The second-order valence-corrected chi connectivity index (χ2v) is 5.57. The summed E-state index contributed by atoms with van der Waals surface area (Å²) in [6, 6.07) is 8.29. The summed E-state index contributed by atoms with van der Waals surface area (Å²) in [5.41, 5.74) is 0.432. The number of hydrogen-bond donors (Lipinski definition) is 0. The van der Waals surface area contributed by atoms with Gasteiger partial charge in [0.25, 0.3) is 5.92 Å². The smallest absolute Gasteiger partial charge is 0.251 e. The van der Waals surface area contributed by atoms with Crippen LogP contribution in [-0.4, -0.2) is 29.1 Å². The van der Waals surface area contributed by atoms with Gasteiger partial charge in [0.1, 0.15) is 12.3 Å². The summed E-state index contributed by atoms with van der Waals surface area (Å²) in [5, 5.41) is -0.308. The third-order valence-corrected chi connectivity index (χ3v) is 3.61. The molecule has 0 radical (unpaired) electrons. The maximum absolute atomic E-state index is 13.4. The standard InChI is InChI=1S/C14H16F4OS/c1-10(15)12(16)9-14(17,18)7-8-20-13(19)11-5-3-2-4-6-11/h2-6,10,12H,7-9H2,1H3. The minimum Gasteiger partial charge on any atom is -0.282 e. The first-order valence-corrected chi connectivity index (χ1v) is 7.18. The van der Waals surface area contributed by atoms with Gasteiger partial charge in [-0.05, 0) is 6.92 Å². The van der Waals surface area contributed by atoms with Gasteiger partial charge in [-0.15, -0.1) is 0 Å². The van der Waals surface area contributed by atoms with Crippen molar-refractivity contribution in [2.75, 3.05) is 5.75 Å². The number of benzene rings is 1. The average molecular weight is 308 g/mol. The fourth-order valence-electron chi connectivity index (χ4n) is 1.50. The Morgan fingerprint density at radius 3 is 2.40 bits per heavy atom. The molecular weight excluding hydrogens is 292 g/mol. The molecule has 0 saturated heterocycles. The normalized spacial score (nSPS) is 14.8. The molecule has 0 aliphatic carbocycles. The van der Waals surface area contributed by atoms with Gasteiger partial charge in [-0.25, -0.2) is 17.6 Å². The van der Waals surface area contributed by atoms with Crippen molar-refractivity contribution in [3.05, 3.63) is 35.9 Å². The van der Waals surface area contributed by atoms with Crippen molar-refractivity contribution in [2.24, 2.45) is 0 Å². The third kappa shape index (κ3) is 5.94. The van der Waals surface area contributed by atoms with E-state index in [9.17, 15) is 22.4 Å². The minimum atomic E-state index is -3.30. The molecule has 6 heteroatoms. The van der Waals surface area contributed by atoms with Crippen LogP contribution in [0.2, 0.25) is 0 Å². The van der Waals surface area contributed by atoms with Gasteiger partial charge in [0.15, 0.2) is 0 Å². The summed E-state index contributed by atoms with van der Waals surface area (Å²) in [6.45, 7) is 0.911. The minimum absolute atomic E-state index is 0.131. The molecule has 20 heavy (non-hydrogen) atoms. The second-order valence-electron chi connectivity index (χ2n) is 4.51. The summed E-state index contributed by atoms with van der Waals surface area (Å²) in [7, 11) is 0. The van der Waals surface area contributed by atoms with E-state index in [2.05, 4.69) is 0 Å². The van der Waals surface area contributed by atoms with E-state index in [1.807, 2.05) is 0 Å². The zero-order chi connectivity index (χ0) is 15.2. The van der Waals surface area contributed by atoms with Crippen LogP contribution in [0.4, 0.5) is 17.6 Å². The molecule has 1 nitrogen and oxygen atoms in total. The zero-order valence-corrected chi connectivity index (χ0v) is 11.8. The van der Waals surface area contributed by atoms with Gasteiger partial charge >= 0.3 is 0 Å². The average Bonchev–Trinajstić information content (AvgIpc) is 2.38. The number of carbonyl (C=O) groups is 1. The number of hydrogen-bond acceptors (Lipinski definition) is 2. The topological polar surface area (TPSA) is 17.1 Å². The molecule has 0 amide bonds. The second kappa shape index (κ2) is 7.67. The van der Waals surface area contributed by atoms with Crippen molar-refractivity contribution in [1.29, 1.82) is 0 Å². The monoisotopic (exact) mass is 308 g/mol. The Bertz CT molecular complexity index is 422. The lowest BCUT2D eigenvalue weighted by Gasteiger charge is -2.19. The molecule has 0 heterocycles. The fourth-order valence-corrected chi connectivity index (χ4v) is 2.39. The Kier molecular flexibility index (Phi) is 6.52. The van der Waals surface area contributed by atoms with Gasteiger partial charge in [0, 0.05) is 24.2 Å². The predicted octanol–water partition coefficient (Wildman–Crippen LogP) is 4.67. The molecule has 112 valence electrons. The van der Waals surface area contributed by atoms with Crippen LogP contribution < -0.4 is 0 Å². The van der Waals surface area contributed by atoms with E-state index in [0.717, 1.165) is 18.7 Å². The number of carbonyl (C=O) groups excluding carboxylic acids is 1. The molecule has 0 aromatic heterocycles. The highest BCUT2D eigenvalue weighted by Gasteiger charge is 2.34. The number of alkyl halides is 4. The summed E-state index contributed by atoms with van der Waals surface area (Å²) >= 11 is 0.757. The van der Waals surface area contributed by atoms with Crippen LogP contribution >= 0.6 is 11.8 Å². The Hall–Kier alpha value is -1.04. The molecule has 0 fully saturated rings. The lowest BCUT2D eigenvalue weighted by atomic mass is 10.1. The molecule has 0 saturated carbocycles. The van der Waals surface area contributed by atoms with Crippen LogP contribution in [0.3, 0.4) is 0 Å². The molecule has 1 rings (SSSR count). The molecule has 2 atom stereocenters. The van der Waals surface area contributed by atoms with Crippen LogP contribution in [0.15, 0.2) is 30.3 Å². The maximum atomic E-state index is 13.4. The highest BCUT2D eigenvalue weighted by Crippen LogP contribution is 2.29. The molecule has 0 aliphatic rings. The molecule has 0 bridgehead atoms. The fraction of sp³-hybridized carbons (Fsp3) is 0.500. The largest absolute Gasteiger partial charge is 0.282 e. The van der Waals surface area contributed by atoms with Crippen LogP contribution in [0.5, 0.6) is 0 Å².